The fourth-order valence-corrected chi connectivity index (χ4v) is 2.94. The smallest absolute Gasteiger partial charge is 0.183 e. The SMILES string of the molecule is CCCCCC/C=C\CC/C=C\CC/C=C\CCCC1=NC(C)(C)CO1. The van der Waals surface area contributed by atoms with Crippen LogP contribution in [-0.4, -0.2) is 18.0 Å². The minimum atomic E-state index is -0.0120. The molecule has 0 fully saturated rings. The molecule has 1 aliphatic rings. The van der Waals surface area contributed by atoms with Crippen molar-refractivity contribution in [1.82, 2.24) is 0 Å². The molecule has 2 nitrogen and oxygen atoms in total. The van der Waals surface area contributed by atoms with Crippen LogP contribution >= 0.6 is 0 Å². The molecule has 0 aliphatic carbocycles. The molecule has 26 heavy (non-hydrogen) atoms. The van der Waals surface area contributed by atoms with E-state index in [9.17, 15) is 0 Å². The maximum Gasteiger partial charge on any atom is 0.183 e. The molecular weight excluding hydrogens is 318 g/mol. The monoisotopic (exact) mass is 359 g/mol. The van der Waals surface area contributed by atoms with Crippen molar-refractivity contribution in [3.05, 3.63) is 36.5 Å². The van der Waals surface area contributed by atoms with Gasteiger partial charge in [-0.15, -0.1) is 0 Å². The number of hydrogen-bond donors (Lipinski definition) is 0. The molecule has 0 aromatic carbocycles. The van der Waals surface area contributed by atoms with Gasteiger partial charge in [0.1, 0.15) is 6.61 Å². The van der Waals surface area contributed by atoms with E-state index < -0.39 is 0 Å². The van der Waals surface area contributed by atoms with E-state index in [4.69, 9.17) is 4.74 Å². The van der Waals surface area contributed by atoms with E-state index in [0.717, 1.165) is 44.6 Å². The van der Waals surface area contributed by atoms with Gasteiger partial charge < -0.3 is 4.74 Å². The number of unbranched alkanes of at least 4 members (excludes halogenated alkanes) is 7. The first kappa shape index (κ1) is 22.7. The first-order chi connectivity index (χ1) is 12.6. The summed E-state index contributed by atoms with van der Waals surface area (Å²) in [5.74, 6) is 0.946. The van der Waals surface area contributed by atoms with Crippen molar-refractivity contribution in [3.63, 3.8) is 0 Å². The number of allylic oxidation sites excluding steroid dienone is 6. The second kappa shape index (κ2) is 14.8. The molecule has 1 aliphatic heterocycles. The molecule has 0 amide bonds. The molecule has 1 heterocycles. The van der Waals surface area contributed by atoms with Gasteiger partial charge in [-0.05, 0) is 65.2 Å². The molecule has 0 unspecified atom stereocenters. The Morgan fingerprint density at radius 2 is 1.31 bits per heavy atom. The molecule has 0 N–H and O–H groups in total. The first-order valence-corrected chi connectivity index (χ1v) is 10.8. The summed E-state index contributed by atoms with van der Waals surface area (Å²) >= 11 is 0. The zero-order valence-corrected chi connectivity index (χ0v) is 17.5. The van der Waals surface area contributed by atoms with Gasteiger partial charge in [-0.25, -0.2) is 4.99 Å². The van der Waals surface area contributed by atoms with Crippen molar-refractivity contribution in [1.29, 1.82) is 0 Å². The molecule has 0 saturated carbocycles. The first-order valence-electron chi connectivity index (χ1n) is 10.8. The standard InChI is InChI=1S/C24H41NO/c1-4-5-6-7-8-9-10-11-12-13-14-15-16-17-18-19-20-21-23-25-24(2,3)22-26-23/h9-10,13-14,17-18H,4-8,11-12,15-16,19-22H2,1-3H3/b10-9-,14-13-,18-17-. The lowest BCUT2D eigenvalue weighted by Gasteiger charge is -2.07. The fraction of sp³-hybridized carbons (Fsp3) is 0.708. The largest absolute Gasteiger partial charge is 0.478 e. The predicted molar refractivity (Wildman–Crippen MR) is 116 cm³/mol. The van der Waals surface area contributed by atoms with Crippen molar-refractivity contribution in [3.8, 4) is 0 Å². The zero-order valence-electron chi connectivity index (χ0n) is 17.5. The number of aliphatic imine (C=N–C) groups is 1. The molecule has 148 valence electrons. The van der Waals surface area contributed by atoms with Crippen molar-refractivity contribution in [2.45, 2.75) is 103 Å². The van der Waals surface area contributed by atoms with Crippen LogP contribution < -0.4 is 0 Å². The summed E-state index contributed by atoms with van der Waals surface area (Å²) in [4.78, 5) is 4.59. The van der Waals surface area contributed by atoms with Crippen LogP contribution in [0.15, 0.2) is 41.4 Å². The Labute approximate surface area is 162 Å². The summed E-state index contributed by atoms with van der Waals surface area (Å²) in [6.07, 6.45) is 28.5. The molecular formula is C24H41NO. The number of rotatable bonds is 15. The summed E-state index contributed by atoms with van der Waals surface area (Å²) in [6, 6.07) is 0. The molecule has 0 bridgehead atoms. The van der Waals surface area contributed by atoms with Crippen LogP contribution in [0.4, 0.5) is 0 Å². The Balaban J connectivity index is 1.88. The highest BCUT2D eigenvalue weighted by atomic mass is 16.5. The molecule has 1 rings (SSSR count). The zero-order chi connectivity index (χ0) is 18.9. The van der Waals surface area contributed by atoms with E-state index in [0.29, 0.717) is 0 Å². The van der Waals surface area contributed by atoms with Crippen LogP contribution in [0, 0.1) is 0 Å². The molecule has 0 aromatic rings. The van der Waals surface area contributed by atoms with E-state index in [-0.39, 0.29) is 5.54 Å². The highest BCUT2D eigenvalue weighted by Gasteiger charge is 2.25. The predicted octanol–water partition coefficient (Wildman–Crippen LogP) is 7.56. The maximum absolute atomic E-state index is 5.61. The van der Waals surface area contributed by atoms with Gasteiger partial charge in [0.05, 0.1) is 5.54 Å². The lowest BCUT2D eigenvalue weighted by atomic mass is 10.1. The fourth-order valence-electron chi connectivity index (χ4n) is 2.94. The summed E-state index contributed by atoms with van der Waals surface area (Å²) in [6.45, 7) is 7.25. The van der Waals surface area contributed by atoms with E-state index in [1.54, 1.807) is 0 Å². The summed E-state index contributed by atoms with van der Waals surface area (Å²) in [5, 5.41) is 0. The maximum atomic E-state index is 5.61. The van der Waals surface area contributed by atoms with Crippen LogP contribution in [0.3, 0.4) is 0 Å². The number of nitrogens with zero attached hydrogens (tertiary/aromatic N) is 1. The lowest BCUT2D eigenvalue weighted by molar-refractivity contribution is 0.273. The highest BCUT2D eigenvalue weighted by Crippen LogP contribution is 2.19. The van der Waals surface area contributed by atoms with Crippen molar-refractivity contribution in [2.24, 2.45) is 4.99 Å². The van der Waals surface area contributed by atoms with E-state index in [1.165, 1.54) is 44.9 Å². The molecule has 0 spiro atoms. The van der Waals surface area contributed by atoms with Crippen LogP contribution in [0.2, 0.25) is 0 Å². The molecule has 0 aromatic heterocycles. The van der Waals surface area contributed by atoms with Gasteiger partial charge >= 0.3 is 0 Å². The Kier molecular flexibility index (Phi) is 13.0. The number of ether oxygens (including phenoxy) is 1. The van der Waals surface area contributed by atoms with Gasteiger partial charge in [0.2, 0.25) is 0 Å². The third-order valence-corrected chi connectivity index (χ3v) is 4.51. The third-order valence-electron chi connectivity index (χ3n) is 4.51. The Hall–Kier alpha value is -1.31. The van der Waals surface area contributed by atoms with Crippen LogP contribution in [0.5, 0.6) is 0 Å². The van der Waals surface area contributed by atoms with Gasteiger partial charge in [0.15, 0.2) is 5.90 Å². The molecule has 2 heteroatoms. The number of hydrogen-bond acceptors (Lipinski definition) is 2. The molecule has 0 radical (unpaired) electrons. The Morgan fingerprint density at radius 3 is 1.81 bits per heavy atom. The van der Waals surface area contributed by atoms with Gasteiger partial charge in [-0.3, -0.25) is 0 Å². The second-order valence-electron chi connectivity index (χ2n) is 7.92. The minimum absolute atomic E-state index is 0.0120. The van der Waals surface area contributed by atoms with Crippen LogP contribution in [-0.2, 0) is 4.74 Å². The summed E-state index contributed by atoms with van der Waals surface area (Å²) < 4.78 is 5.61. The normalized spacial score (nSPS) is 16.8. The second-order valence-corrected chi connectivity index (χ2v) is 7.92. The van der Waals surface area contributed by atoms with E-state index in [2.05, 4.69) is 62.2 Å². The van der Waals surface area contributed by atoms with Crippen molar-refractivity contribution in [2.75, 3.05) is 6.61 Å². The highest BCUT2D eigenvalue weighted by molar-refractivity contribution is 5.78. The van der Waals surface area contributed by atoms with Crippen LogP contribution in [0.1, 0.15) is 97.8 Å². The minimum Gasteiger partial charge on any atom is -0.478 e. The van der Waals surface area contributed by atoms with Gasteiger partial charge in [-0.2, -0.15) is 0 Å². The Bertz CT molecular complexity index is 457. The van der Waals surface area contributed by atoms with Gasteiger partial charge in [0.25, 0.3) is 0 Å². The topological polar surface area (TPSA) is 21.6 Å². The summed E-state index contributed by atoms with van der Waals surface area (Å²) in [7, 11) is 0. The average molecular weight is 360 g/mol. The van der Waals surface area contributed by atoms with Gasteiger partial charge in [0, 0.05) is 6.42 Å². The Morgan fingerprint density at radius 1 is 0.769 bits per heavy atom. The lowest BCUT2D eigenvalue weighted by Crippen LogP contribution is -2.17. The average Bonchev–Trinajstić information content (AvgIpc) is 2.96. The molecule has 0 saturated heterocycles. The van der Waals surface area contributed by atoms with E-state index >= 15 is 0 Å². The van der Waals surface area contributed by atoms with Crippen molar-refractivity contribution < 1.29 is 4.74 Å². The summed E-state index contributed by atoms with van der Waals surface area (Å²) in [5.41, 5.74) is -0.0120. The van der Waals surface area contributed by atoms with Crippen molar-refractivity contribution >= 4 is 5.90 Å². The third kappa shape index (κ3) is 13.0. The molecule has 0 atom stereocenters. The van der Waals surface area contributed by atoms with E-state index in [1.807, 2.05) is 0 Å². The quantitative estimate of drug-likeness (QED) is 0.218. The van der Waals surface area contributed by atoms with Crippen LogP contribution in [0.25, 0.3) is 0 Å². The van der Waals surface area contributed by atoms with Gasteiger partial charge in [-0.1, -0.05) is 62.6 Å².